The van der Waals surface area contributed by atoms with Crippen LogP contribution in [0.4, 0.5) is 4.79 Å². The summed E-state index contributed by atoms with van der Waals surface area (Å²) in [5.74, 6) is -1.09. The molecule has 0 spiro atoms. The van der Waals surface area contributed by atoms with E-state index in [2.05, 4.69) is 5.32 Å². The zero-order valence-corrected chi connectivity index (χ0v) is 11.5. The molecule has 0 unspecified atom stereocenters. The number of ketones is 1. The van der Waals surface area contributed by atoms with E-state index in [9.17, 15) is 14.4 Å². The van der Waals surface area contributed by atoms with E-state index in [-0.39, 0.29) is 24.2 Å². The summed E-state index contributed by atoms with van der Waals surface area (Å²) in [7, 11) is 0. The molecule has 1 atom stereocenters. The van der Waals surface area contributed by atoms with Crippen LogP contribution in [0.5, 0.6) is 0 Å². The second-order valence-corrected chi connectivity index (χ2v) is 4.66. The number of ether oxygens (including phenoxy) is 2. The Kier molecular flexibility index (Phi) is 7.00. The fraction of sp³-hybridized carbons (Fsp3) is 0.750. The number of carbonyl (C=O) groups excluding carboxylic acids is 3. The lowest BCUT2D eigenvalue weighted by Crippen LogP contribution is -2.37. The topological polar surface area (TPSA) is 81.7 Å². The highest BCUT2D eigenvalue weighted by atomic mass is 16.7. The Balaban J connectivity index is 4.31. The highest BCUT2D eigenvalue weighted by molar-refractivity contribution is 5.81. The number of carbonyl (C=O) groups is 3. The molecule has 0 rings (SSSR count). The average molecular weight is 259 g/mol. The van der Waals surface area contributed by atoms with Crippen molar-refractivity contribution in [2.24, 2.45) is 11.8 Å². The molecule has 6 heteroatoms. The lowest BCUT2D eigenvalue weighted by molar-refractivity contribution is -0.178. The molecule has 1 amide bonds. The van der Waals surface area contributed by atoms with Crippen molar-refractivity contribution in [3.05, 3.63) is 0 Å². The van der Waals surface area contributed by atoms with Crippen molar-refractivity contribution < 1.29 is 23.9 Å². The molecule has 0 radical (unpaired) electrons. The van der Waals surface area contributed by atoms with Gasteiger partial charge in [-0.1, -0.05) is 27.7 Å². The molecule has 0 fully saturated rings. The highest BCUT2D eigenvalue weighted by Crippen LogP contribution is 2.11. The lowest BCUT2D eigenvalue weighted by atomic mass is 10.2. The van der Waals surface area contributed by atoms with Gasteiger partial charge in [-0.05, 0) is 6.92 Å². The van der Waals surface area contributed by atoms with Gasteiger partial charge in [-0.15, -0.1) is 0 Å². The zero-order chi connectivity index (χ0) is 14.3. The molecular weight excluding hydrogens is 238 g/mol. The summed E-state index contributed by atoms with van der Waals surface area (Å²) in [6.07, 6.45) is -1.73. The van der Waals surface area contributed by atoms with Crippen LogP contribution in [0.25, 0.3) is 0 Å². The van der Waals surface area contributed by atoms with E-state index < -0.39 is 18.4 Å². The Labute approximate surface area is 107 Å². The molecule has 0 bridgehead atoms. The molecule has 0 aliphatic carbocycles. The third-order valence-corrected chi connectivity index (χ3v) is 1.95. The molecule has 0 aliphatic rings. The second-order valence-electron chi connectivity index (χ2n) is 4.66. The van der Waals surface area contributed by atoms with Gasteiger partial charge in [0.1, 0.15) is 5.78 Å². The second kappa shape index (κ2) is 7.68. The number of nitrogens with one attached hydrogen (secondary N) is 1. The third kappa shape index (κ3) is 6.88. The summed E-state index contributed by atoms with van der Waals surface area (Å²) in [4.78, 5) is 33.4. The van der Waals surface area contributed by atoms with E-state index >= 15 is 0 Å². The molecule has 0 aromatic heterocycles. The Hall–Kier alpha value is -1.59. The Morgan fingerprint density at radius 3 is 2.00 bits per heavy atom. The van der Waals surface area contributed by atoms with Crippen LogP contribution in [0.3, 0.4) is 0 Å². The maximum Gasteiger partial charge on any atom is 0.410 e. The molecular formula is C12H21NO5. The molecule has 0 aromatic carbocycles. The molecule has 1 N–H and O–H groups in total. The highest BCUT2D eigenvalue weighted by Gasteiger charge is 2.23. The van der Waals surface area contributed by atoms with Crippen LogP contribution >= 0.6 is 0 Å². The molecule has 6 nitrogen and oxygen atoms in total. The van der Waals surface area contributed by atoms with Crippen molar-refractivity contribution in [3.8, 4) is 0 Å². The molecule has 0 heterocycles. The standard InChI is InChI=1S/C12H21NO5/c1-7(2)10(15)17-11(8(3)4)18-12(16)13-6-9(5)14/h7-8,11H,6H2,1-5H3,(H,13,16)/t11-/m1/s1. The van der Waals surface area contributed by atoms with Gasteiger partial charge in [-0.25, -0.2) is 4.79 Å². The summed E-state index contributed by atoms with van der Waals surface area (Å²) in [5, 5.41) is 2.27. The van der Waals surface area contributed by atoms with Crippen molar-refractivity contribution in [2.45, 2.75) is 40.9 Å². The van der Waals surface area contributed by atoms with Gasteiger partial charge in [0.05, 0.1) is 12.5 Å². The van der Waals surface area contributed by atoms with Gasteiger partial charge in [-0.3, -0.25) is 9.59 Å². The van der Waals surface area contributed by atoms with E-state index in [1.165, 1.54) is 6.92 Å². The number of Topliss-reactive ketones (excluding diaryl/α,β-unsaturated/α-hetero) is 1. The third-order valence-electron chi connectivity index (χ3n) is 1.95. The molecule has 0 saturated carbocycles. The van der Waals surface area contributed by atoms with Gasteiger partial charge in [0, 0.05) is 5.92 Å². The van der Waals surface area contributed by atoms with E-state index in [0.717, 1.165) is 0 Å². The van der Waals surface area contributed by atoms with Crippen LogP contribution in [-0.4, -0.2) is 30.7 Å². The summed E-state index contributed by atoms with van der Waals surface area (Å²) in [6.45, 7) is 8.14. The Morgan fingerprint density at radius 2 is 1.61 bits per heavy atom. The van der Waals surface area contributed by atoms with Crippen molar-refractivity contribution in [1.29, 1.82) is 0 Å². The zero-order valence-electron chi connectivity index (χ0n) is 11.5. The quantitative estimate of drug-likeness (QED) is 0.577. The van der Waals surface area contributed by atoms with Gasteiger partial charge in [-0.2, -0.15) is 0 Å². The minimum atomic E-state index is -0.952. The van der Waals surface area contributed by atoms with E-state index in [0.29, 0.717) is 0 Å². The Morgan fingerprint density at radius 1 is 1.06 bits per heavy atom. The maximum atomic E-state index is 11.4. The van der Waals surface area contributed by atoms with E-state index in [1.807, 2.05) is 0 Å². The number of rotatable bonds is 6. The van der Waals surface area contributed by atoms with Crippen LogP contribution < -0.4 is 5.32 Å². The van der Waals surface area contributed by atoms with Crippen LogP contribution in [0.15, 0.2) is 0 Å². The van der Waals surface area contributed by atoms with Gasteiger partial charge in [0.15, 0.2) is 0 Å². The number of esters is 1. The Bertz CT molecular complexity index is 312. The summed E-state index contributed by atoms with van der Waals surface area (Å²) >= 11 is 0. The number of hydrogen-bond donors (Lipinski definition) is 1. The molecule has 0 aromatic rings. The smallest absolute Gasteiger partial charge is 0.410 e. The van der Waals surface area contributed by atoms with Crippen molar-refractivity contribution >= 4 is 17.8 Å². The number of alkyl carbamates (subject to hydrolysis) is 1. The van der Waals surface area contributed by atoms with Gasteiger partial charge >= 0.3 is 12.1 Å². The van der Waals surface area contributed by atoms with E-state index in [4.69, 9.17) is 9.47 Å². The fourth-order valence-corrected chi connectivity index (χ4v) is 0.891. The first-order valence-electron chi connectivity index (χ1n) is 5.88. The van der Waals surface area contributed by atoms with Gasteiger partial charge in [0.25, 0.3) is 6.29 Å². The molecule has 104 valence electrons. The average Bonchev–Trinajstić information content (AvgIpc) is 2.24. The molecule has 18 heavy (non-hydrogen) atoms. The van der Waals surface area contributed by atoms with Gasteiger partial charge in [0.2, 0.25) is 0 Å². The first-order chi connectivity index (χ1) is 8.23. The fourth-order valence-electron chi connectivity index (χ4n) is 0.891. The van der Waals surface area contributed by atoms with Crippen molar-refractivity contribution in [3.63, 3.8) is 0 Å². The predicted octanol–water partition coefficient (Wildman–Crippen LogP) is 1.48. The van der Waals surface area contributed by atoms with E-state index in [1.54, 1.807) is 27.7 Å². The number of hydrogen-bond acceptors (Lipinski definition) is 5. The predicted molar refractivity (Wildman–Crippen MR) is 64.7 cm³/mol. The SMILES string of the molecule is CC(=O)CNC(=O)O[C@@H](OC(=O)C(C)C)C(C)C. The van der Waals surface area contributed by atoms with Crippen molar-refractivity contribution in [2.75, 3.05) is 6.54 Å². The maximum absolute atomic E-state index is 11.4. The summed E-state index contributed by atoms with van der Waals surface area (Å²) in [6, 6.07) is 0. The minimum Gasteiger partial charge on any atom is -0.425 e. The number of amides is 1. The first-order valence-corrected chi connectivity index (χ1v) is 5.88. The first kappa shape index (κ1) is 16.4. The molecule has 0 aliphatic heterocycles. The largest absolute Gasteiger partial charge is 0.425 e. The normalized spacial score (nSPS) is 12.2. The lowest BCUT2D eigenvalue weighted by Gasteiger charge is -2.22. The summed E-state index contributed by atoms with van der Waals surface area (Å²) < 4.78 is 9.98. The van der Waals surface area contributed by atoms with Crippen LogP contribution in [-0.2, 0) is 19.1 Å². The van der Waals surface area contributed by atoms with Crippen LogP contribution in [0, 0.1) is 11.8 Å². The summed E-state index contributed by atoms with van der Waals surface area (Å²) in [5.41, 5.74) is 0. The molecule has 0 saturated heterocycles. The van der Waals surface area contributed by atoms with Crippen LogP contribution in [0.1, 0.15) is 34.6 Å². The van der Waals surface area contributed by atoms with Crippen LogP contribution in [0.2, 0.25) is 0 Å². The minimum absolute atomic E-state index is 0.109. The van der Waals surface area contributed by atoms with Crippen molar-refractivity contribution in [1.82, 2.24) is 5.32 Å². The van der Waals surface area contributed by atoms with Gasteiger partial charge < -0.3 is 14.8 Å². The monoisotopic (exact) mass is 259 g/mol.